The molecule has 222 valence electrons. The first-order chi connectivity index (χ1) is 20.4. The van der Waals surface area contributed by atoms with Crippen LogP contribution in [-0.2, 0) is 19.7 Å². The number of halogens is 2. The number of hydrogen-bond donors (Lipinski definition) is 2. The molecule has 0 amide bonds. The van der Waals surface area contributed by atoms with E-state index in [0.717, 1.165) is 52.5 Å². The Kier molecular flexibility index (Phi) is 10.3. The van der Waals surface area contributed by atoms with Crippen molar-refractivity contribution in [3.63, 3.8) is 0 Å². The van der Waals surface area contributed by atoms with Gasteiger partial charge in [0.25, 0.3) is 0 Å². The number of likely N-dealkylation sites (tertiary alicyclic amines) is 1. The number of aromatic nitrogens is 2. The smallest absolute Gasteiger partial charge is 0.142 e. The number of nitrogens with zero attached hydrogens (tertiary/aromatic N) is 2. The second-order valence-electron chi connectivity index (χ2n) is 10.8. The van der Waals surface area contributed by atoms with Crippen LogP contribution in [-0.4, -0.2) is 48.7 Å². The highest BCUT2D eigenvalue weighted by molar-refractivity contribution is 6.35. The van der Waals surface area contributed by atoms with Crippen molar-refractivity contribution in [2.75, 3.05) is 33.9 Å². The van der Waals surface area contributed by atoms with E-state index in [1.165, 1.54) is 12.8 Å². The zero-order valence-electron chi connectivity index (χ0n) is 24.4. The summed E-state index contributed by atoms with van der Waals surface area (Å²) in [4.78, 5) is 9.68. The van der Waals surface area contributed by atoms with Crippen LogP contribution in [0.25, 0.3) is 11.1 Å². The van der Waals surface area contributed by atoms with Gasteiger partial charge in [0.15, 0.2) is 0 Å². The Morgan fingerprint density at radius 2 is 1.83 bits per heavy atom. The molecular weight excluding hydrogens is 571 g/mol. The molecule has 7 nitrogen and oxygen atoms in total. The average molecular weight is 610 g/mol. The summed E-state index contributed by atoms with van der Waals surface area (Å²) in [6.07, 6.45) is 5.92. The molecule has 3 aromatic carbocycles. The minimum atomic E-state index is 0.349. The van der Waals surface area contributed by atoms with Crippen LogP contribution in [0.1, 0.15) is 35.4 Å². The van der Waals surface area contributed by atoms with Gasteiger partial charge in [0.2, 0.25) is 0 Å². The molecule has 9 heteroatoms. The fourth-order valence-corrected chi connectivity index (χ4v) is 5.98. The maximum Gasteiger partial charge on any atom is 0.142 e. The van der Waals surface area contributed by atoms with Crippen LogP contribution < -0.4 is 19.5 Å². The molecule has 1 aliphatic rings. The van der Waals surface area contributed by atoms with Crippen molar-refractivity contribution in [2.24, 2.45) is 5.92 Å². The standard InChI is InChI=1S/C33H38Cl2N4O3/c1-22-24(21-42-31-16-30(40-3)25(15-28(31)34)17-36-18-32-37-12-13-38-32)8-4-9-26(22)27-10-5-11-29(33(27)35)41-20-23-7-6-14-39(2)19-23/h4-5,8-13,15-16,23,36H,6-7,14,17-21H2,1-3H3,(H,37,38). The van der Waals surface area contributed by atoms with Crippen molar-refractivity contribution in [1.82, 2.24) is 20.2 Å². The SMILES string of the molecule is COc1cc(OCc2cccc(-c3cccc(OCC4CCCN(C)C4)c3Cl)c2C)c(Cl)cc1CNCc1ncc[nH]1. The van der Waals surface area contributed by atoms with Crippen LogP contribution in [0.3, 0.4) is 0 Å². The largest absolute Gasteiger partial charge is 0.496 e. The molecule has 4 aromatic rings. The second-order valence-corrected chi connectivity index (χ2v) is 11.6. The third-order valence-electron chi connectivity index (χ3n) is 7.78. The number of piperidine rings is 1. The first-order valence-corrected chi connectivity index (χ1v) is 15.1. The minimum absolute atomic E-state index is 0.349. The maximum atomic E-state index is 6.91. The molecule has 0 aliphatic carbocycles. The zero-order valence-corrected chi connectivity index (χ0v) is 25.9. The van der Waals surface area contributed by atoms with Gasteiger partial charge in [-0.25, -0.2) is 4.98 Å². The normalized spacial score (nSPS) is 15.5. The Balaban J connectivity index is 1.26. The summed E-state index contributed by atoms with van der Waals surface area (Å²) in [7, 11) is 3.81. The monoisotopic (exact) mass is 608 g/mol. The number of hydrogen-bond acceptors (Lipinski definition) is 6. The number of nitrogens with one attached hydrogen (secondary N) is 2. The van der Waals surface area contributed by atoms with Crippen LogP contribution in [0.15, 0.2) is 60.9 Å². The zero-order chi connectivity index (χ0) is 29.5. The van der Waals surface area contributed by atoms with E-state index in [9.17, 15) is 0 Å². The van der Waals surface area contributed by atoms with Crippen LogP contribution in [0.5, 0.6) is 17.2 Å². The van der Waals surface area contributed by atoms with Crippen LogP contribution in [0.2, 0.25) is 10.0 Å². The lowest BCUT2D eigenvalue weighted by Crippen LogP contribution is -2.34. The first kappa shape index (κ1) is 30.2. The highest BCUT2D eigenvalue weighted by Gasteiger charge is 2.19. The number of aromatic amines is 1. The third-order valence-corrected chi connectivity index (χ3v) is 8.46. The van der Waals surface area contributed by atoms with E-state index in [1.807, 2.05) is 36.4 Å². The van der Waals surface area contributed by atoms with Crippen molar-refractivity contribution in [1.29, 1.82) is 0 Å². The molecule has 2 heterocycles. The van der Waals surface area contributed by atoms with Crippen molar-refractivity contribution < 1.29 is 14.2 Å². The van der Waals surface area contributed by atoms with Gasteiger partial charge in [-0.05, 0) is 62.2 Å². The summed E-state index contributed by atoms with van der Waals surface area (Å²) < 4.78 is 18.1. The van der Waals surface area contributed by atoms with E-state index in [0.29, 0.717) is 53.8 Å². The molecule has 0 saturated carbocycles. The van der Waals surface area contributed by atoms with Gasteiger partial charge >= 0.3 is 0 Å². The Morgan fingerprint density at radius 1 is 1.00 bits per heavy atom. The highest BCUT2D eigenvalue weighted by atomic mass is 35.5. The lowest BCUT2D eigenvalue weighted by atomic mass is 9.96. The number of imidazole rings is 1. The molecule has 1 fully saturated rings. The van der Waals surface area contributed by atoms with Gasteiger partial charge in [0, 0.05) is 48.6 Å². The molecule has 5 rings (SSSR count). The number of ether oxygens (including phenoxy) is 3. The fraction of sp³-hybridized carbons (Fsp3) is 0.364. The van der Waals surface area contributed by atoms with Crippen LogP contribution in [0.4, 0.5) is 0 Å². The van der Waals surface area contributed by atoms with Crippen molar-refractivity contribution in [2.45, 2.75) is 39.5 Å². The van der Waals surface area contributed by atoms with Crippen molar-refractivity contribution in [3.8, 4) is 28.4 Å². The van der Waals surface area contributed by atoms with Gasteiger partial charge in [0.05, 0.1) is 30.3 Å². The van der Waals surface area contributed by atoms with E-state index in [1.54, 1.807) is 19.5 Å². The Labute approximate surface area is 258 Å². The Morgan fingerprint density at radius 3 is 2.62 bits per heavy atom. The number of rotatable bonds is 12. The summed E-state index contributed by atoms with van der Waals surface area (Å²) in [5, 5.41) is 4.51. The number of methoxy groups -OCH3 is 1. The molecule has 1 unspecified atom stereocenters. The fourth-order valence-electron chi connectivity index (χ4n) is 5.46. The molecule has 1 atom stereocenters. The molecule has 1 saturated heterocycles. The number of benzene rings is 3. The van der Waals surface area contributed by atoms with E-state index in [2.05, 4.69) is 46.3 Å². The highest BCUT2D eigenvalue weighted by Crippen LogP contribution is 2.39. The Hall–Kier alpha value is -3.23. The van der Waals surface area contributed by atoms with E-state index in [4.69, 9.17) is 37.4 Å². The molecule has 0 spiro atoms. The molecule has 42 heavy (non-hydrogen) atoms. The molecule has 1 aliphatic heterocycles. The summed E-state index contributed by atoms with van der Waals surface area (Å²) in [6, 6.07) is 15.9. The summed E-state index contributed by atoms with van der Waals surface area (Å²) in [6.45, 7) is 6.50. The van der Waals surface area contributed by atoms with Gasteiger partial charge in [0.1, 0.15) is 29.7 Å². The first-order valence-electron chi connectivity index (χ1n) is 14.3. The van der Waals surface area contributed by atoms with Crippen molar-refractivity contribution >= 4 is 23.2 Å². The predicted molar refractivity (Wildman–Crippen MR) is 169 cm³/mol. The van der Waals surface area contributed by atoms with E-state index in [-0.39, 0.29) is 0 Å². The van der Waals surface area contributed by atoms with Gasteiger partial charge < -0.3 is 29.4 Å². The molecule has 0 bridgehead atoms. The summed E-state index contributed by atoms with van der Waals surface area (Å²) >= 11 is 13.6. The molecule has 0 radical (unpaired) electrons. The Bertz CT molecular complexity index is 1480. The van der Waals surface area contributed by atoms with Gasteiger partial charge in [-0.3, -0.25) is 0 Å². The molecule has 2 N–H and O–H groups in total. The summed E-state index contributed by atoms with van der Waals surface area (Å²) in [5.41, 5.74) is 5.06. The third kappa shape index (κ3) is 7.39. The number of H-pyrrole nitrogens is 1. The maximum absolute atomic E-state index is 6.91. The lowest BCUT2D eigenvalue weighted by Gasteiger charge is -2.29. The molecular formula is C33H38Cl2N4O3. The summed E-state index contributed by atoms with van der Waals surface area (Å²) in [5.74, 6) is 3.38. The lowest BCUT2D eigenvalue weighted by molar-refractivity contribution is 0.150. The quantitative estimate of drug-likeness (QED) is 0.176. The van der Waals surface area contributed by atoms with E-state index < -0.39 is 0 Å². The van der Waals surface area contributed by atoms with Gasteiger partial charge in [-0.2, -0.15) is 0 Å². The van der Waals surface area contributed by atoms with E-state index >= 15 is 0 Å². The average Bonchev–Trinajstić information content (AvgIpc) is 3.51. The van der Waals surface area contributed by atoms with Gasteiger partial charge in [-0.1, -0.05) is 53.5 Å². The van der Waals surface area contributed by atoms with Crippen LogP contribution in [0, 0.1) is 12.8 Å². The molecule has 1 aromatic heterocycles. The van der Waals surface area contributed by atoms with Gasteiger partial charge in [-0.15, -0.1) is 0 Å². The topological polar surface area (TPSA) is 71.6 Å². The minimum Gasteiger partial charge on any atom is -0.496 e. The predicted octanol–water partition coefficient (Wildman–Crippen LogP) is 7.29. The van der Waals surface area contributed by atoms with Crippen molar-refractivity contribution in [3.05, 3.63) is 93.5 Å². The van der Waals surface area contributed by atoms with Crippen LogP contribution >= 0.6 is 23.2 Å². The second kappa shape index (κ2) is 14.3.